The van der Waals surface area contributed by atoms with Gasteiger partial charge in [0.05, 0.1) is 17.4 Å². The molecular weight excluding hydrogens is 268 g/mol. The van der Waals surface area contributed by atoms with Gasteiger partial charge < -0.3 is 15.3 Å². The Morgan fingerprint density at radius 2 is 2.05 bits per heavy atom. The molecule has 2 amide bonds. The lowest BCUT2D eigenvalue weighted by atomic mass is 10.1. The summed E-state index contributed by atoms with van der Waals surface area (Å²) in [6.07, 6.45) is 1.93. The summed E-state index contributed by atoms with van der Waals surface area (Å²) in [5.41, 5.74) is 1.11. The van der Waals surface area contributed by atoms with Gasteiger partial charge in [-0.25, -0.2) is 0 Å². The fourth-order valence-corrected chi connectivity index (χ4v) is 2.17. The number of carbonyl (C=O) groups excluding carboxylic acids is 2. The lowest BCUT2D eigenvalue weighted by molar-refractivity contribution is -0.119. The maximum absolute atomic E-state index is 12.2. The van der Waals surface area contributed by atoms with Crippen LogP contribution in [0.1, 0.15) is 36.5 Å². The molecule has 0 aliphatic heterocycles. The Balaban J connectivity index is 2.08. The van der Waals surface area contributed by atoms with Crippen LogP contribution in [0.25, 0.3) is 0 Å². The summed E-state index contributed by atoms with van der Waals surface area (Å²) < 4.78 is 0. The molecule has 1 unspecified atom stereocenters. The number of benzene rings is 1. The highest BCUT2D eigenvalue weighted by Crippen LogP contribution is 2.33. The Labute approximate surface area is 125 Å². The number of hydrogen-bond donors (Lipinski definition) is 2. The second-order valence-electron chi connectivity index (χ2n) is 5.58. The summed E-state index contributed by atoms with van der Waals surface area (Å²) >= 11 is 0. The minimum absolute atomic E-state index is 0.0687. The molecule has 1 saturated carbocycles. The molecule has 0 radical (unpaired) electrons. The molecular formula is C16H22N2O3. The molecule has 0 bridgehead atoms. The van der Waals surface area contributed by atoms with Crippen LogP contribution in [0.2, 0.25) is 0 Å². The summed E-state index contributed by atoms with van der Waals surface area (Å²) in [6, 6.07) is 7.09. The maximum atomic E-state index is 12.2. The molecule has 1 aromatic carbocycles. The quantitative estimate of drug-likeness (QED) is 0.835. The van der Waals surface area contributed by atoms with E-state index in [9.17, 15) is 14.7 Å². The highest BCUT2D eigenvalue weighted by Gasteiger charge is 2.33. The van der Waals surface area contributed by atoms with E-state index in [2.05, 4.69) is 5.32 Å². The molecule has 21 heavy (non-hydrogen) atoms. The second kappa shape index (κ2) is 6.72. The normalized spacial score (nSPS) is 15.4. The molecule has 5 nitrogen and oxygen atoms in total. The summed E-state index contributed by atoms with van der Waals surface area (Å²) in [7, 11) is 1.71. The Kier molecular flexibility index (Phi) is 4.96. The number of hydrogen-bond acceptors (Lipinski definition) is 3. The molecule has 2 rings (SSSR count). The summed E-state index contributed by atoms with van der Waals surface area (Å²) in [6.45, 7) is 2.09. The van der Waals surface area contributed by atoms with E-state index in [1.54, 1.807) is 37.1 Å². The second-order valence-corrected chi connectivity index (χ2v) is 5.58. The predicted octanol–water partition coefficient (Wildman–Crippen LogP) is 1.56. The van der Waals surface area contributed by atoms with Crippen LogP contribution in [-0.2, 0) is 4.79 Å². The number of para-hydroxylation sites is 1. The van der Waals surface area contributed by atoms with Crippen molar-refractivity contribution >= 4 is 17.5 Å². The monoisotopic (exact) mass is 290 g/mol. The fourth-order valence-electron chi connectivity index (χ4n) is 2.17. The van der Waals surface area contributed by atoms with Gasteiger partial charge in [-0.3, -0.25) is 9.59 Å². The minimum atomic E-state index is -0.445. The molecule has 1 atom stereocenters. The van der Waals surface area contributed by atoms with Crippen molar-refractivity contribution in [1.29, 1.82) is 0 Å². The van der Waals surface area contributed by atoms with Crippen molar-refractivity contribution in [1.82, 2.24) is 5.32 Å². The number of aliphatic hydroxyl groups is 1. The number of nitrogens with one attached hydrogen (secondary N) is 1. The molecule has 1 fully saturated rings. The largest absolute Gasteiger partial charge is 0.393 e. The number of anilines is 1. The maximum Gasteiger partial charge on any atom is 0.253 e. The van der Waals surface area contributed by atoms with Crippen LogP contribution < -0.4 is 10.2 Å². The van der Waals surface area contributed by atoms with Crippen molar-refractivity contribution in [2.24, 2.45) is 5.92 Å². The highest BCUT2D eigenvalue weighted by atomic mass is 16.3. The first-order valence-electron chi connectivity index (χ1n) is 7.33. The van der Waals surface area contributed by atoms with Gasteiger partial charge in [-0.1, -0.05) is 12.1 Å². The summed E-state index contributed by atoms with van der Waals surface area (Å²) in [5.74, 6) is -0.0396. The van der Waals surface area contributed by atoms with Crippen LogP contribution in [-0.4, -0.2) is 36.6 Å². The number of amides is 2. The molecule has 0 aromatic heterocycles. The van der Waals surface area contributed by atoms with E-state index in [0.717, 1.165) is 12.8 Å². The van der Waals surface area contributed by atoms with Crippen molar-refractivity contribution in [3.05, 3.63) is 29.8 Å². The Bertz CT molecular complexity index is 524. The van der Waals surface area contributed by atoms with E-state index < -0.39 is 6.10 Å². The van der Waals surface area contributed by atoms with Crippen LogP contribution in [0.5, 0.6) is 0 Å². The molecule has 1 aliphatic carbocycles. The number of nitrogens with zero attached hydrogens (tertiary/aromatic N) is 1. The Hall–Kier alpha value is -1.88. The molecule has 114 valence electrons. The predicted molar refractivity (Wildman–Crippen MR) is 81.2 cm³/mol. The average Bonchev–Trinajstić information content (AvgIpc) is 3.30. The van der Waals surface area contributed by atoms with Gasteiger partial charge in [-0.2, -0.15) is 0 Å². The smallest absolute Gasteiger partial charge is 0.253 e. The third kappa shape index (κ3) is 4.04. The molecule has 0 spiro atoms. The van der Waals surface area contributed by atoms with E-state index in [4.69, 9.17) is 0 Å². The van der Waals surface area contributed by atoms with E-state index in [1.165, 1.54) is 0 Å². The Morgan fingerprint density at radius 3 is 2.67 bits per heavy atom. The molecule has 1 aliphatic rings. The highest BCUT2D eigenvalue weighted by molar-refractivity contribution is 6.05. The first-order chi connectivity index (χ1) is 10.0. The standard InChI is InChI=1S/C16H22N2O3/c1-11(19)9-10-17-15(20)13-5-3-4-6-14(13)18(2)16(21)12-7-8-12/h3-6,11-12,19H,7-10H2,1-2H3,(H,17,20). The minimum Gasteiger partial charge on any atom is -0.393 e. The van der Waals surface area contributed by atoms with Gasteiger partial charge in [0.2, 0.25) is 5.91 Å². The van der Waals surface area contributed by atoms with Gasteiger partial charge in [-0.05, 0) is 38.3 Å². The Morgan fingerprint density at radius 1 is 1.38 bits per heavy atom. The van der Waals surface area contributed by atoms with Crippen molar-refractivity contribution in [2.45, 2.75) is 32.3 Å². The van der Waals surface area contributed by atoms with Crippen molar-refractivity contribution in [3.8, 4) is 0 Å². The van der Waals surface area contributed by atoms with E-state index >= 15 is 0 Å². The molecule has 1 aromatic rings. The van der Waals surface area contributed by atoms with Crippen LogP contribution >= 0.6 is 0 Å². The molecule has 0 saturated heterocycles. The lowest BCUT2D eigenvalue weighted by Gasteiger charge is -2.20. The van der Waals surface area contributed by atoms with Gasteiger partial charge in [0.15, 0.2) is 0 Å². The van der Waals surface area contributed by atoms with Gasteiger partial charge >= 0.3 is 0 Å². The third-order valence-corrected chi connectivity index (χ3v) is 3.61. The fraction of sp³-hybridized carbons (Fsp3) is 0.500. The SMILES string of the molecule is CC(O)CCNC(=O)c1ccccc1N(C)C(=O)C1CC1. The van der Waals surface area contributed by atoms with Crippen molar-refractivity contribution < 1.29 is 14.7 Å². The lowest BCUT2D eigenvalue weighted by Crippen LogP contribution is -2.32. The summed E-state index contributed by atoms with van der Waals surface area (Å²) in [4.78, 5) is 25.9. The van der Waals surface area contributed by atoms with Crippen LogP contribution in [0.15, 0.2) is 24.3 Å². The zero-order valence-electron chi connectivity index (χ0n) is 12.5. The van der Waals surface area contributed by atoms with E-state index in [1.807, 2.05) is 6.07 Å². The molecule has 2 N–H and O–H groups in total. The van der Waals surface area contributed by atoms with Crippen LogP contribution in [0, 0.1) is 5.92 Å². The molecule has 0 heterocycles. The van der Waals surface area contributed by atoms with Gasteiger partial charge in [0.1, 0.15) is 0 Å². The van der Waals surface area contributed by atoms with Gasteiger partial charge in [0, 0.05) is 19.5 Å². The van der Waals surface area contributed by atoms with Crippen LogP contribution in [0.4, 0.5) is 5.69 Å². The first kappa shape index (κ1) is 15.5. The van der Waals surface area contributed by atoms with Crippen molar-refractivity contribution in [3.63, 3.8) is 0 Å². The van der Waals surface area contributed by atoms with Crippen LogP contribution in [0.3, 0.4) is 0 Å². The topological polar surface area (TPSA) is 69.6 Å². The van der Waals surface area contributed by atoms with Crippen molar-refractivity contribution in [2.75, 3.05) is 18.5 Å². The van der Waals surface area contributed by atoms with Gasteiger partial charge in [-0.15, -0.1) is 0 Å². The number of rotatable bonds is 6. The van der Waals surface area contributed by atoms with Gasteiger partial charge in [0.25, 0.3) is 5.91 Å². The zero-order chi connectivity index (χ0) is 15.4. The third-order valence-electron chi connectivity index (χ3n) is 3.61. The summed E-state index contributed by atoms with van der Waals surface area (Å²) in [5, 5.41) is 12.0. The zero-order valence-corrected chi connectivity index (χ0v) is 12.5. The first-order valence-corrected chi connectivity index (χ1v) is 7.33. The van der Waals surface area contributed by atoms with E-state index in [0.29, 0.717) is 24.2 Å². The number of aliphatic hydroxyl groups excluding tert-OH is 1. The molecule has 5 heteroatoms. The van der Waals surface area contributed by atoms with E-state index in [-0.39, 0.29) is 17.7 Å². The number of carbonyl (C=O) groups is 2. The average molecular weight is 290 g/mol.